The molecule has 3 nitrogen and oxygen atoms in total. The van der Waals surface area contributed by atoms with Crippen LogP contribution in [0.5, 0.6) is 0 Å². The Morgan fingerprint density at radius 3 is 2.30 bits per heavy atom. The molecule has 2 atom stereocenters. The van der Waals surface area contributed by atoms with E-state index < -0.39 is 10.0 Å². The SMILES string of the molecule is O=S(=O)(CCc1ccccc1)N1C2CCC1CC(Br)C2. The monoisotopic (exact) mass is 357 g/mol. The van der Waals surface area contributed by atoms with Crippen molar-refractivity contribution in [1.29, 1.82) is 0 Å². The van der Waals surface area contributed by atoms with Gasteiger partial charge in [0.05, 0.1) is 5.75 Å². The minimum atomic E-state index is -3.13. The lowest BCUT2D eigenvalue weighted by Crippen LogP contribution is -2.47. The molecule has 0 saturated carbocycles. The highest BCUT2D eigenvalue weighted by Crippen LogP contribution is 2.40. The predicted octanol–water partition coefficient (Wildman–Crippen LogP) is 2.95. The molecule has 20 heavy (non-hydrogen) atoms. The first kappa shape index (κ1) is 14.5. The topological polar surface area (TPSA) is 37.4 Å². The second-order valence-electron chi connectivity index (χ2n) is 5.84. The van der Waals surface area contributed by atoms with E-state index in [0.717, 1.165) is 31.2 Å². The van der Waals surface area contributed by atoms with E-state index in [0.29, 0.717) is 11.2 Å². The van der Waals surface area contributed by atoms with Crippen LogP contribution in [0.25, 0.3) is 0 Å². The van der Waals surface area contributed by atoms with Gasteiger partial charge in [-0.25, -0.2) is 8.42 Å². The molecule has 3 rings (SSSR count). The van der Waals surface area contributed by atoms with Crippen molar-refractivity contribution in [3.63, 3.8) is 0 Å². The van der Waals surface area contributed by atoms with Crippen molar-refractivity contribution in [2.45, 2.75) is 49.0 Å². The number of aryl methyl sites for hydroxylation is 1. The zero-order valence-electron chi connectivity index (χ0n) is 11.4. The molecule has 1 aromatic carbocycles. The summed E-state index contributed by atoms with van der Waals surface area (Å²) in [6.45, 7) is 0. The molecule has 1 aromatic rings. The Morgan fingerprint density at radius 2 is 1.70 bits per heavy atom. The third-order valence-corrected chi connectivity index (χ3v) is 7.13. The van der Waals surface area contributed by atoms with Crippen molar-refractivity contribution in [3.05, 3.63) is 35.9 Å². The van der Waals surface area contributed by atoms with Crippen molar-refractivity contribution in [1.82, 2.24) is 4.31 Å². The van der Waals surface area contributed by atoms with Gasteiger partial charge >= 0.3 is 0 Å². The van der Waals surface area contributed by atoms with Gasteiger partial charge in [-0.1, -0.05) is 46.3 Å². The van der Waals surface area contributed by atoms with E-state index >= 15 is 0 Å². The number of halogens is 1. The molecule has 0 aromatic heterocycles. The smallest absolute Gasteiger partial charge is 0.212 e. The number of benzene rings is 1. The Balaban J connectivity index is 1.70. The quantitative estimate of drug-likeness (QED) is 0.776. The number of alkyl halides is 1. The minimum absolute atomic E-state index is 0.221. The molecule has 2 aliphatic heterocycles. The van der Waals surface area contributed by atoms with Gasteiger partial charge in [0.15, 0.2) is 0 Å². The van der Waals surface area contributed by atoms with Crippen molar-refractivity contribution < 1.29 is 8.42 Å². The van der Waals surface area contributed by atoms with E-state index in [1.807, 2.05) is 34.6 Å². The maximum atomic E-state index is 12.6. The highest BCUT2D eigenvalue weighted by atomic mass is 79.9. The molecule has 2 fully saturated rings. The van der Waals surface area contributed by atoms with Crippen LogP contribution in [-0.2, 0) is 16.4 Å². The normalized spacial score (nSPS) is 30.6. The number of hydrogen-bond acceptors (Lipinski definition) is 2. The average molecular weight is 358 g/mol. The van der Waals surface area contributed by atoms with Crippen LogP contribution in [-0.4, -0.2) is 35.4 Å². The van der Waals surface area contributed by atoms with E-state index in [1.54, 1.807) is 0 Å². The molecule has 2 bridgehead atoms. The summed E-state index contributed by atoms with van der Waals surface area (Å²) in [6, 6.07) is 10.3. The lowest BCUT2D eigenvalue weighted by molar-refractivity contribution is 0.255. The molecule has 0 spiro atoms. The number of piperidine rings is 1. The van der Waals surface area contributed by atoms with E-state index in [2.05, 4.69) is 15.9 Å². The van der Waals surface area contributed by atoms with Crippen LogP contribution >= 0.6 is 15.9 Å². The van der Waals surface area contributed by atoms with Crippen LogP contribution in [0, 0.1) is 0 Å². The minimum Gasteiger partial charge on any atom is -0.212 e. The van der Waals surface area contributed by atoms with Gasteiger partial charge in [0.1, 0.15) is 0 Å². The Labute approximate surface area is 129 Å². The van der Waals surface area contributed by atoms with Crippen molar-refractivity contribution in [2.75, 3.05) is 5.75 Å². The van der Waals surface area contributed by atoms with E-state index in [4.69, 9.17) is 0 Å². The zero-order chi connectivity index (χ0) is 14.2. The molecular weight excluding hydrogens is 338 g/mol. The fourth-order valence-electron chi connectivity index (χ4n) is 3.52. The predicted molar refractivity (Wildman–Crippen MR) is 84.5 cm³/mol. The fourth-order valence-corrected chi connectivity index (χ4v) is 6.38. The molecule has 2 saturated heterocycles. The maximum Gasteiger partial charge on any atom is 0.214 e. The zero-order valence-corrected chi connectivity index (χ0v) is 13.8. The molecule has 0 N–H and O–H groups in total. The van der Waals surface area contributed by atoms with Gasteiger partial charge in [-0.2, -0.15) is 4.31 Å². The van der Waals surface area contributed by atoms with Crippen molar-refractivity contribution in [3.8, 4) is 0 Å². The van der Waals surface area contributed by atoms with Crippen LogP contribution in [0.3, 0.4) is 0 Å². The van der Waals surface area contributed by atoms with Crippen molar-refractivity contribution in [2.24, 2.45) is 0 Å². The van der Waals surface area contributed by atoms with Gasteiger partial charge in [0.25, 0.3) is 0 Å². The summed E-state index contributed by atoms with van der Waals surface area (Å²) in [5, 5.41) is 0. The number of hydrogen-bond donors (Lipinski definition) is 0. The van der Waals surface area contributed by atoms with Crippen LogP contribution in [0.1, 0.15) is 31.2 Å². The maximum absolute atomic E-state index is 12.6. The molecule has 2 heterocycles. The Kier molecular flexibility index (Phi) is 4.20. The summed E-state index contributed by atoms with van der Waals surface area (Å²) in [5.74, 6) is 0.233. The van der Waals surface area contributed by atoms with Crippen molar-refractivity contribution >= 4 is 26.0 Å². The van der Waals surface area contributed by atoms with Crippen LogP contribution < -0.4 is 0 Å². The van der Waals surface area contributed by atoms with Crippen LogP contribution in [0.15, 0.2) is 30.3 Å². The number of rotatable bonds is 4. The molecule has 0 aliphatic carbocycles. The second-order valence-corrected chi connectivity index (χ2v) is 9.12. The summed E-state index contributed by atoms with van der Waals surface area (Å²) in [4.78, 5) is 0.487. The standard InChI is InChI=1S/C15H20BrNO2S/c16-13-10-14-6-7-15(11-13)17(14)20(18,19)9-8-12-4-2-1-3-5-12/h1-5,13-15H,6-11H2. The van der Waals surface area contributed by atoms with E-state index in [-0.39, 0.29) is 17.8 Å². The molecule has 0 radical (unpaired) electrons. The molecule has 0 amide bonds. The molecule has 2 aliphatic rings. The van der Waals surface area contributed by atoms with Gasteiger partial charge in [-0.3, -0.25) is 0 Å². The van der Waals surface area contributed by atoms with Crippen LogP contribution in [0.2, 0.25) is 0 Å². The summed E-state index contributed by atoms with van der Waals surface area (Å²) in [7, 11) is -3.13. The highest BCUT2D eigenvalue weighted by Gasteiger charge is 2.45. The number of fused-ring (bicyclic) bond motifs is 2. The first-order valence-electron chi connectivity index (χ1n) is 7.25. The van der Waals surface area contributed by atoms with Gasteiger partial charge in [0.2, 0.25) is 10.0 Å². The lowest BCUT2D eigenvalue weighted by Gasteiger charge is -2.36. The highest BCUT2D eigenvalue weighted by molar-refractivity contribution is 9.09. The van der Waals surface area contributed by atoms with Crippen LogP contribution in [0.4, 0.5) is 0 Å². The Bertz CT molecular complexity index is 546. The molecular formula is C15H20BrNO2S. The summed E-state index contributed by atoms with van der Waals surface area (Å²) < 4.78 is 27.1. The van der Waals surface area contributed by atoms with Gasteiger partial charge < -0.3 is 0 Å². The number of sulfonamides is 1. The van der Waals surface area contributed by atoms with E-state index in [1.165, 1.54) is 0 Å². The third-order valence-electron chi connectivity index (χ3n) is 4.42. The Morgan fingerprint density at radius 1 is 1.10 bits per heavy atom. The first-order chi connectivity index (χ1) is 9.56. The largest absolute Gasteiger partial charge is 0.214 e. The fraction of sp³-hybridized carbons (Fsp3) is 0.600. The Hall–Kier alpha value is -0.390. The summed E-state index contributed by atoms with van der Waals surface area (Å²) >= 11 is 3.66. The van der Waals surface area contributed by atoms with Gasteiger partial charge in [-0.15, -0.1) is 0 Å². The number of nitrogens with zero attached hydrogens (tertiary/aromatic N) is 1. The summed E-state index contributed by atoms with van der Waals surface area (Å²) in [5.41, 5.74) is 1.10. The first-order valence-corrected chi connectivity index (χ1v) is 9.78. The average Bonchev–Trinajstić information content (AvgIpc) is 2.72. The van der Waals surface area contributed by atoms with Gasteiger partial charge in [0, 0.05) is 16.9 Å². The molecule has 110 valence electrons. The molecule has 5 heteroatoms. The molecule has 2 unspecified atom stereocenters. The summed E-state index contributed by atoms with van der Waals surface area (Å²) in [6.07, 6.45) is 4.58. The third kappa shape index (κ3) is 2.95. The van der Waals surface area contributed by atoms with Gasteiger partial charge in [-0.05, 0) is 37.7 Å². The second kappa shape index (κ2) is 5.78. The lowest BCUT2D eigenvalue weighted by atomic mass is 10.1. The van der Waals surface area contributed by atoms with E-state index in [9.17, 15) is 8.42 Å².